The van der Waals surface area contributed by atoms with Crippen LogP contribution in [0.5, 0.6) is 11.5 Å². The molecule has 0 aliphatic heterocycles. The van der Waals surface area contributed by atoms with Gasteiger partial charge in [0, 0.05) is 25.2 Å². The van der Waals surface area contributed by atoms with Gasteiger partial charge >= 0.3 is 0 Å². The molecule has 0 unspecified atom stereocenters. The fourth-order valence-electron chi connectivity index (χ4n) is 2.76. The second-order valence-electron chi connectivity index (χ2n) is 5.67. The van der Waals surface area contributed by atoms with Crippen molar-refractivity contribution in [1.29, 1.82) is 0 Å². The Labute approximate surface area is 144 Å². The number of hydrogen-bond acceptors (Lipinski definition) is 4. The maximum atomic E-state index is 12.9. The number of methoxy groups -OCH3 is 1. The van der Waals surface area contributed by atoms with E-state index in [0.717, 1.165) is 0 Å². The average molecular weight is 338 g/mol. The molecule has 0 spiro atoms. The van der Waals surface area contributed by atoms with E-state index < -0.39 is 11.5 Å². The number of para-hydroxylation sites is 1. The summed E-state index contributed by atoms with van der Waals surface area (Å²) in [5.74, 6) is -0.216. The van der Waals surface area contributed by atoms with E-state index in [1.165, 1.54) is 9.47 Å². The first-order valence-electron chi connectivity index (χ1n) is 7.68. The minimum absolute atomic E-state index is 0.250. The molecule has 0 aliphatic rings. The molecule has 0 saturated heterocycles. The van der Waals surface area contributed by atoms with Crippen molar-refractivity contribution in [2.45, 2.75) is 0 Å². The van der Waals surface area contributed by atoms with Gasteiger partial charge in [-0.05, 0) is 36.4 Å². The number of ether oxygens (including phenoxy) is 1. The second-order valence-corrected chi connectivity index (χ2v) is 5.67. The Morgan fingerprint density at radius 3 is 2.40 bits per heavy atom. The largest absolute Gasteiger partial charge is 0.506 e. The van der Waals surface area contributed by atoms with Gasteiger partial charge in [-0.3, -0.25) is 9.59 Å². The van der Waals surface area contributed by atoms with Gasteiger partial charge in [0.25, 0.3) is 11.5 Å². The number of carbonyl (C=O) groups is 1. The lowest BCUT2D eigenvalue weighted by Gasteiger charge is -2.19. The Morgan fingerprint density at radius 1 is 1.12 bits per heavy atom. The maximum Gasteiger partial charge on any atom is 0.267 e. The van der Waals surface area contributed by atoms with Crippen LogP contribution in [0.15, 0.2) is 53.3 Å². The molecule has 0 bridgehead atoms. The van der Waals surface area contributed by atoms with Gasteiger partial charge in [0.1, 0.15) is 17.1 Å². The van der Waals surface area contributed by atoms with E-state index in [9.17, 15) is 14.7 Å². The molecule has 3 aromatic rings. The highest BCUT2D eigenvalue weighted by Crippen LogP contribution is 2.28. The Kier molecular flexibility index (Phi) is 4.19. The number of aromatic hydroxyl groups is 1. The number of amides is 1. The van der Waals surface area contributed by atoms with E-state index >= 15 is 0 Å². The third kappa shape index (κ3) is 2.71. The number of nitrogens with zero attached hydrogens (tertiary/aromatic N) is 2. The van der Waals surface area contributed by atoms with Crippen LogP contribution < -0.4 is 15.2 Å². The van der Waals surface area contributed by atoms with E-state index in [2.05, 4.69) is 0 Å². The number of pyridine rings is 1. The molecule has 1 heterocycles. The molecule has 2 aromatic carbocycles. The Balaban J connectivity index is 2.11. The highest BCUT2D eigenvalue weighted by atomic mass is 16.5. The van der Waals surface area contributed by atoms with E-state index in [4.69, 9.17) is 4.74 Å². The van der Waals surface area contributed by atoms with Crippen LogP contribution >= 0.6 is 0 Å². The normalized spacial score (nSPS) is 10.7. The average Bonchev–Trinajstić information content (AvgIpc) is 2.65. The lowest BCUT2D eigenvalue weighted by atomic mass is 10.1. The number of rotatable bonds is 3. The number of anilines is 1. The summed E-state index contributed by atoms with van der Waals surface area (Å²) in [4.78, 5) is 26.8. The van der Waals surface area contributed by atoms with E-state index in [0.29, 0.717) is 22.3 Å². The van der Waals surface area contributed by atoms with Gasteiger partial charge < -0.3 is 19.3 Å². The van der Waals surface area contributed by atoms with Crippen LogP contribution in [0.1, 0.15) is 10.4 Å². The number of aromatic nitrogens is 1. The van der Waals surface area contributed by atoms with Gasteiger partial charge in [0.2, 0.25) is 0 Å². The molecule has 1 amide bonds. The van der Waals surface area contributed by atoms with Crippen molar-refractivity contribution >= 4 is 22.5 Å². The quantitative estimate of drug-likeness (QED) is 0.796. The fraction of sp³-hybridized carbons (Fsp3) is 0.158. The van der Waals surface area contributed by atoms with E-state index in [1.54, 1.807) is 69.7 Å². The first kappa shape index (κ1) is 16.6. The Morgan fingerprint density at radius 2 is 1.76 bits per heavy atom. The van der Waals surface area contributed by atoms with Crippen molar-refractivity contribution in [3.8, 4) is 11.5 Å². The van der Waals surface area contributed by atoms with Gasteiger partial charge in [-0.2, -0.15) is 0 Å². The zero-order valence-corrected chi connectivity index (χ0v) is 14.2. The third-order valence-electron chi connectivity index (χ3n) is 4.25. The van der Waals surface area contributed by atoms with Crippen LogP contribution in [-0.2, 0) is 7.05 Å². The summed E-state index contributed by atoms with van der Waals surface area (Å²) in [5, 5.41) is 11.0. The highest BCUT2D eigenvalue weighted by molar-refractivity contribution is 6.10. The first-order chi connectivity index (χ1) is 12.0. The van der Waals surface area contributed by atoms with Crippen molar-refractivity contribution in [3.63, 3.8) is 0 Å². The van der Waals surface area contributed by atoms with Gasteiger partial charge in [-0.1, -0.05) is 12.1 Å². The van der Waals surface area contributed by atoms with Crippen molar-refractivity contribution in [2.24, 2.45) is 7.05 Å². The second kappa shape index (κ2) is 6.32. The van der Waals surface area contributed by atoms with Crippen LogP contribution in [0, 0.1) is 0 Å². The highest BCUT2D eigenvalue weighted by Gasteiger charge is 2.24. The molecule has 3 rings (SSSR count). The summed E-state index contributed by atoms with van der Waals surface area (Å²) in [6.45, 7) is 0. The molecule has 25 heavy (non-hydrogen) atoms. The maximum absolute atomic E-state index is 12.9. The lowest BCUT2D eigenvalue weighted by Crippen LogP contribution is -2.34. The number of carbonyl (C=O) groups excluding carboxylic acids is 1. The van der Waals surface area contributed by atoms with Crippen LogP contribution in [0.3, 0.4) is 0 Å². The summed E-state index contributed by atoms with van der Waals surface area (Å²) in [6.07, 6.45) is 0. The molecule has 0 atom stereocenters. The smallest absolute Gasteiger partial charge is 0.267 e. The van der Waals surface area contributed by atoms with Gasteiger partial charge in [0.15, 0.2) is 0 Å². The third-order valence-corrected chi connectivity index (χ3v) is 4.25. The molecule has 1 N–H and O–H groups in total. The van der Waals surface area contributed by atoms with Crippen LogP contribution in [-0.4, -0.2) is 29.7 Å². The molecule has 0 aliphatic carbocycles. The summed E-state index contributed by atoms with van der Waals surface area (Å²) in [6, 6.07) is 13.8. The summed E-state index contributed by atoms with van der Waals surface area (Å²) in [5.41, 5.74) is 0.357. The van der Waals surface area contributed by atoms with Crippen molar-refractivity contribution < 1.29 is 14.6 Å². The first-order valence-corrected chi connectivity index (χ1v) is 7.68. The number of benzene rings is 2. The zero-order valence-electron chi connectivity index (χ0n) is 14.2. The Bertz CT molecular complexity index is 1010. The number of hydrogen-bond donors (Lipinski definition) is 1. The minimum atomic E-state index is -0.575. The standard InChI is InChI=1S/C19H18N2O4/c1-20(12-8-10-13(25-3)11-9-12)18(23)16-17(22)14-6-4-5-7-15(14)21(2)19(16)24/h4-11,22H,1-3H3. The van der Waals surface area contributed by atoms with Crippen LogP contribution in [0.2, 0.25) is 0 Å². The molecule has 6 nitrogen and oxygen atoms in total. The van der Waals surface area contributed by atoms with Crippen LogP contribution in [0.25, 0.3) is 10.9 Å². The Hall–Kier alpha value is -3.28. The minimum Gasteiger partial charge on any atom is -0.506 e. The monoisotopic (exact) mass is 338 g/mol. The molecule has 0 fully saturated rings. The predicted octanol–water partition coefficient (Wildman–Crippen LogP) is 2.53. The topological polar surface area (TPSA) is 71.8 Å². The number of fused-ring (bicyclic) bond motifs is 1. The van der Waals surface area contributed by atoms with Crippen molar-refractivity contribution in [2.75, 3.05) is 19.1 Å². The lowest BCUT2D eigenvalue weighted by molar-refractivity contribution is 0.0988. The van der Waals surface area contributed by atoms with Gasteiger partial charge in [-0.25, -0.2) is 0 Å². The van der Waals surface area contributed by atoms with Crippen molar-refractivity contribution in [1.82, 2.24) is 4.57 Å². The van der Waals surface area contributed by atoms with E-state index in [1.807, 2.05) is 0 Å². The van der Waals surface area contributed by atoms with E-state index in [-0.39, 0.29) is 11.3 Å². The molecule has 128 valence electrons. The fourth-order valence-corrected chi connectivity index (χ4v) is 2.76. The van der Waals surface area contributed by atoms with Crippen LogP contribution in [0.4, 0.5) is 5.69 Å². The molecule has 0 radical (unpaired) electrons. The molecule has 6 heteroatoms. The molecule has 1 aromatic heterocycles. The van der Waals surface area contributed by atoms with Crippen molar-refractivity contribution in [3.05, 3.63) is 64.4 Å². The molecular formula is C19H18N2O4. The van der Waals surface area contributed by atoms with Gasteiger partial charge in [0.05, 0.1) is 12.6 Å². The SMILES string of the molecule is COc1ccc(N(C)C(=O)c2c(O)c3ccccc3n(C)c2=O)cc1. The zero-order chi connectivity index (χ0) is 18.1. The molecule has 0 saturated carbocycles. The summed E-state index contributed by atoms with van der Waals surface area (Å²) >= 11 is 0. The molecular weight excluding hydrogens is 320 g/mol. The number of aryl methyl sites for hydroxylation is 1. The van der Waals surface area contributed by atoms with Gasteiger partial charge in [-0.15, -0.1) is 0 Å². The predicted molar refractivity (Wildman–Crippen MR) is 96.6 cm³/mol. The summed E-state index contributed by atoms with van der Waals surface area (Å²) < 4.78 is 6.46. The summed E-state index contributed by atoms with van der Waals surface area (Å²) in [7, 11) is 4.69.